The molecular formula is C17H15ClN2O6S2. The molecule has 2 heterocycles. The summed E-state index contributed by atoms with van der Waals surface area (Å²) in [4.78, 5) is 12.2. The lowest BCUT2D eigenvalue weighted by molar-refractivity contribution is 0.0514. The molecule has 148 valence electrons. The van der Waals surface area contributed by atoms with Crippen LogP contribution in [0.4, 0.5) is 5.69 Å². The molecule has 0 bridgehead atoms. The molecule has 1 aromatic carbocycles. The smallest absolute Gasteiger partial charge is 0.360 e. The van der Waals surface area contributed by atoms with E-state index in [4.69, 9.17) is 25.6 Å². The number of aromatic nitrogens is 1. The number of ether oxygens (including phenoxy) is 2. The maximum atomic E-state index is 12.6. The van der Waals surface area contributed by atoms with Crippen LogP contribution in [0.2, 0.25) is 5.02 Å². The first-order chi connectivity index (χ1) is 13.3. The van der Waals surface area contributed by atoms with Gasteiger partial charge in [-0.05, 0) is 37.3 Å². The Morgan fingerprint density at radius 1 is 1.29 bits per heavy atom. The number of methoxy groups -OCH3 is 1. The first kappa shape index (κ1) is 20.2. The van der Waals surface area contributed by atoms with Crippen molar-refractivity contribution in [3.05, 3.63) is 47.1 Å². The van der Waals surface area contributed by atoms with Crippen LogP contribution in [-0.4, -0.2) is 33.3 Å². The van der Waals surface area contributed by atoms with Crippen LogP contribution in [0.1, 0.15) is 17.4 Å². The van der Waals surface area contributed by atoms with Gasteiger partial charge in [0, 0.05) is 6.07 Å². The molecule has 1 N–H and O–H groups in total. The fraction of sp³-hybridized carbons (Fsp3) is 0.176. The van der Waals surface area contributed by atoms with Gasteiger partial charge in [0.05, 0.1) is 29.3 Å². The molecule has 0 saturated carbocycles. The Bertz CT molecular complexity index is 1110. The fourth-order valence-corrected chi connectivity index (χ4v) is 4.79. The maximum Gasteiger partial charge on any atom is 0.360 e. The van der Waals surface area contributed by atoms with Crippen molar-refractivity contribution in [3.8, 4) is 16.4 Å². The van der Waals surface area contributed by atoms with Crippen molar-refractivity contribution in [1.82, 2.24) is 5.16 Å². The molecule has 0 radical (unpaired) electrons. The molecule has 0 spiro atoms. The monoisotopic (exact) mass is 442 g/mol. The van der Waals surface area contributed by atoms with Gasteiger partial charge in [-0.25, -0.2) is 13.2 Å². The molecule has 3 rings (SSSR count). The number of benzene rings is 1. The number of nitrogens with zero attached hydrogens (tertiary/aromatic N) is 1. The van der Waals surface area contributed by atoms with Crippen molar-refractivity contribution in [2.24, 2.45) is 0 Å². The molecule has 8 nitrogen and oxygen atoms in total. The van der Waals surface area contributed by atoms with Crippen LogP contribution in [0.15, 0.2) is 45.1 Å². The van der Waals surface area contributed by atoms with Crippen molar-refractivity contribution < 1.29 is 27.2 Å². The van der Waals surface area contributed by atoms with Crippen molar-refractivity contribution in [1.29, 1.82) is 0 Å². The molecule has 11 heteroatoms. The van der Waals surface area contributed by atoms with Gasteiger partial charge in [-0.1, -0.05) is 16.8 Å². The molecular weight excluding hydrogens is 428 g/mol. The lowest BCUT2D eigenvalue weighted by Gasteiger charge is -2.08. The van der Waals surface area contributed by atoms with Gasteiger partial charge < -0.3 is 14.0 Å². The number of sulfonamides is 1. The number of hydrogen-bond donors (Lipinski definition) is 1. The minimum atomic E-state index is -3.84. The van der Waals surface area contributed by atoms with Gasteiger partial charge in [0.2, 0.25) is 0 Å². The summed E-state index contributed by atoms with van der Waals surface area (Å²) in [6.07, 6.45) is 0. The second kappa shape index (κ2) is 8.21. The SMILES string of the molecule is CCOC(=O)c1cc(-c2ccc(S(=O)(=O)Nc3ccc(OC)c(Cl)c3)s2)on1. The van der Waals surface area contributed by atoms with Gasteiger partial charge in [0.1, 0.15) is 9.96 Å². The van der Waals surface area contributed by atoms with E-state index in [0.29, 0.717) is 16.3 Å². The van der Waals surface area contributed by atoms with Crippen molar-refractivity contribution in [2.75, 3.05) is 18.4 Å². The van der Waals surface area contributed by atoms with Crippen LogP contribution in [0.5, 0.6) is 5.75 Å². The summed E-state index contributed by atoms with van der Waals surface area (Å²) in [5, 5.41) is 3.92. The molecule has 0 aliphatic carbocycles. The van der Waals surface area contributed by atoms with E-state index >= 15 is 0 Å². The fourth-order valence-electron chi connectivity index (χ4n) is 2.22. The van der Waals surface area contributed by atoms with Crippen molar-refractivity contribution in [2.45, 2.75) is 11.1 Å². The van der Waals surface area contributed by atoms with E-state index in [1.54, 1.807) is 25.1 Å². The lowest BCUT2D eigenvalue weighted by Crippen LogP contribution is -2.11. The third kappa shape index (κ3) is 4.29. The van der Waals surface area contributed by atoms with E-state index in [1.165, 1.54) is 25.3 Å². The molecule has 0 amide bonds. The van der Waals surface area contributed by atoms with Gasteiger partial charge in [-0.2, -0.15) is 0 Å². The Morgan fingerprint density at radius 3 is 2.75 bits per heavy atom. The number of carbonyl (C=O) groups excluding carboxylic acids is 1. The molecule has 3 aromatic rings. The number of hydrogen-bond acceptors (Lipinski definition) is 8. The number of carbonyl (C=O) groups is 1. The first-order valence-electron chi connectivity index (χ1n) is 7.94. The van der Waals surface area contributed by atoms with Gasteiger partial charge in [0.15, 0.2) is 11.5 Å². The number of esters is 1. The minimum Gasteiger partial charge on any atom is -0.495 e. The van der Waals surface area contributed by atoms with Crippen LogP contribution < -0.4 is 9.46 Å². The van der Waals surface area contributed by atoms with Crippen LogP contribution >= 0.6 is 22.9 Å². The Kier molecular flexibility index (Phi) is 5.92. The van der Waals surface area contributed by atoms with E-state index in [1.807, 2.05) is 0 Å². The summed E-state index contributed by atoms with van der Waals surface area (Å²) < 4.78 is 42.8. The summed E-state index contributed by atoms with van der Waals surface area (Å²) in [7, 11) is -2.37. The van der Waals surface area contributed by atoms with Crippen molar-refractivity contribution >= 4 is 44.6 Å². The normalized spacial score (nSPS) is 11.2. The number of nitrogens with one attached hydrogen (secondary N) is 1. The largest absolute Gasteiger partial charge is 0.495 e. The number of anilines is 1. The average Bonchev–Trinajstić information content (AvgIpc) is 3.31. The molecule has 28 heavy (non-hydrogen) atoms. The number of halogens is 1. The van der Waals surface area contributed by atoms with Gasteiger partial charge in [-0.3, -0.25) is 4.72 Å². The van der Waals surface area contributed by atoms with Crippen molar-refractivity contribution in [3.63, 3.8) is 0 Å². The standard InChI is InChI=1S/C17H15ClN2O6S2/c1-3-25-17(21)12-9-14(26-19-12)15-6-7-16(27-15)28(22,23)20-10-4-5-13(24-2)11(18)8-10/h4-9,20H,3H2,1-2H3. The topological polar surface area (TPSA) is 108 Å². The zero-order valence-electron chi connectivity index (χ0n) is 14.8. The zero-order chi connectivity index (χ0) is 20.3. The Labute approximate surface area is 170 Å². The van der Waals surface area contributed by atoms with Gasteiger partial charge in [-0.15, -0.1) is 11.3 Å². The quantitative estimate of drug-likeness (QED) is 0.550. The molecule has 0 aliphatic heterocycles. The Balaban J connectivity index is 1.80. The maximum absolute atomic E-state index is 12.6. The molecule has 0 saturated heterocycles. The van der Waals surface area contributed by atoms with Crippen LogP contribution in [0.25, 0.3) is 10.6 Å². The number of thiophene rings is 1. The molecule has 0 fully saturated rings. The van der Waals surface area contributed by atoms with E-state index in [-0.39, 0.29) is 27.3 Å². The van der Waals surface area contributed by atoms with Crippen LogP contribution in [-0.2, 0) is 14.8 Å². The highest BCUT2D eigenvalue weighted by Crippen LogP contribution is 2.33. The summed E-state index contributed by atoms with van der Waals surface area (Å²) >= 11 is 6.99. The van der Waals surface area contributed by atoms with E-state index in [9.17, 15) is 13.2 Å². The zero-order valence-corrected chi connectivity index (χ0v) is 17.2. The molecule has 0 aliphatic rings. The second-order valence-electron chi connectivity index (χ2n) is 5.37. The van der Waals surface area contributed by atoms with Crippen LogP contribution in [0, 0.1) is 0 Å². The van der Waals surface area contributed by atoms with Crippen LogP contribution in [0.3, 0.4) is 0 Å². The van der Waals surface area contributed by atoms with Gasteiger partial charge >= 0.3 is 5.97 Å². The summed E-state index contributed by atoms with van der Waals surface area (Å²) in [6, 6.07) is 8.95. The summed E-state index contributed by atoms with van der Waals surface area (Å²) in [6.45, 7) is 1.89. The summed E-state index contributed by atoms with van der Waals surface area (Å²) in [5.41, 5.74) is 0.311. The summed E-state index contributed by atoms with van der Waals surface area (Å²) in [5.74, 6) is 0.0905. The predicted molar refractivity (Wildman–Crippen MR) is 105 cm³/mol. The molecule has 2 aromatic heterocycles. The second-order valence-corrected chi connectivity index (χ2v) is 8.77. The molecule has 0 atom stereocenters. The Hall–Kier alpha value is -2.56. The highest BCUT2D eigenvalue weighted by atomic mass is 35.5. The lowest BCUT2D eigenvalue weighted by atomic mass is 10.3. The minimum absolute atomic E-state index is 0.0145. The molecule has 0 unspecified atom stereocenters. The highest BCUT2D eigenvalue weighted by Gasteiger charge is 2.21. The first-order valence-corrected chi connectivity index (χ1v) is 10.6. The number of rotatable bonds is 7. The highest BCUT2D eigenvalue weighted by molar-refractivity contribution is 7.94. The average molecular weight is 443 g/mol. The van der Waals surface area contributed by atoms with E-state index in [2.05, 4.69) is 9.88 Å². The van der Waals surface area contributed by atoms with Gasteiger partial charge in [0.25, 0.3) is 10.0 Å². The van der Waals surface area contributed by atoms with E-state index in [0.717, 1.165) is 11.3 Å². The van der Waals surface area contributed by atoms with E-state index < -0.39 is 16.0 Å². The Morgan fingerprint density at radius 2 is 2.07 bits per heavy atom. The third-order valence-corrected chi connectivity index (χ3v) is 6.76. The third-order valence-electron chi connectivity index (χ3n) is 3.49. The predicted octanol–water partition coefficient (Wildman–Crippen LogP) is 4.04.